The number of cyclic esters (lactones) is 1. The van der Waals surface area contributed by atoms with Gasteiger partial charge in [0, 0.05) is 21.5 Å². The van der Waals surface area contributed by atoms with Gasteiger partial charge in [-0.25, -0.2) is 9.78 Å². The van der Waals surface area contributed by atoms with Crippen molar-refractivity contribution in [1.29, 1.82) is 0 Å². The molecule has 0 saturated heterocycles. The van der Waals surface area contributed by atoms with Gasteiger partial charge in [-0.05, 0) is 68.9 Å². The fourth-order valence-electron chi connectivity index (χ4n) is 6.12. The summed E-state index contributed by atoms with van der Waals surface area (Å²) in [5.74, 6) is -1.04. The summed E-state index contributed by atoms with van der Waals surface area (Å²) in [4.78, 5) is 44.4. The standard InChI is InChI=1S/C29H30ClN3O6/c1-5-29(38)17-8-21-24-15(10-33(21)25(35)16(17)11-39-27(29)37)23-19(32-26(36)28(3,4)12-34)7-6-14-13(2)18(30)9-20(31-24)22(14)23/h8-9,19,34,38H,5-7,10-12H2,1-4H3,(H,32,36)/t19?,29-/m0/s1. The second kappa shape index (κ2) is 8.61. The quantitative estimate of drug-likeness (QED) is 0.332. The van der Waals surface area contributed by atoms with Gasteiger partial charge in [0.05, 0.1) is 47.1 Å². The normalized spacial score (nSPS) is 21.3. The van der Waals surface area contributed by atoms with Crippen LogP contribution in [0.1, 0.15) is 73.0 Å². The Hall–Kier alpha value is -3.27. The van der Waals surface area contributed by atoms with Crippen molar-refractivity contribution >= 4 is 34.4 Å². The number of nitrogens with one attached hydrogen (secondary N) is 1. The molecule has 0 saturated carbocycles. The van der Waals surface area contributed by atoms with Crippen molar-refractivity contribution in [3.8, 4) is 11.4 Å². The molecular weight excluding hydrogens is 522 g/mol. The fraction of sp³-hybridized carbons (Fsp3) is 0.448. The lowest BCUT2D eigenvalue weighted by Gasteiger charge is -2.32. The topological polar surface area (TPSA) is 131 Å². The van der Waals surface area contributed by atoms with Crippen LogP contribution in [0, 0.1) is 12.3 Å². The molecule has 2 atom stereocenters. The van der Waals surface area contributed by atoms with Crippen LogP contribution < -0.4 is 10.9 Å². The summed E-state index contributed by atoms with van der Waals surface area (Å²) in [5.41, 5.74) is 2.69. The number of benzene rings is 1. The molecular formula is C29H30ClN3O6. The Labute approximate surface area is 229 Å². The van der Waals surface area contributed by atoms with Gasteiger partial charge < -0.3 is 24.8 Å². The van der Waals surface area contributed by atoms with Gasteiger partial charge in [-0.15, -0.1) is 0 Å². The van der Waals surface area contributed by atoms with Gasteiger partial charge in [-0.1, -0.05) is 18.5 Å². The van der Waals surface area contributed by atoms with Crippen LogP contribution in [0.15, 0.2) is 16.9 Å². The number of rotatable bonds is 4. The third-order valence-corrected chi connectivity index (χ3v) is 9.09. The number of carbonyl (C=O) groups excluding carboxylic acids is 2. The number of amides is 1. The number of aromatic nitrogens is 2. The van der Waals surface area contributed by atoms with E-state index >= 15 is 0 Å². The molecule has 0 radical (unpaired) electrons. The van der Waals surface area contributed by atoms with E-state index in [2.05, 4.69) is 5.32 Å². The molecule has 0 bridgehead atoms. The van der Waals surface area contributed by atoms with E-state index in [1.54, 1.807) is 37.5 Å². The molecule has 3 aromatic rings. The smallest absolute Gasteiger partial charge is 0.343 e. The Bertz CT molecular complexity index is 1680. The number of carbonyl (C=O) groups is 2. The average molecular weight is 552 g/mol. The summed E-state index contributed by atoms with van der Waals surface area (Å²) < 4.78 is 6.79. The third-order valence-electron chi connectivity index (χ3n) is 8.69. The van der Waals surface area contributed by atoms with Gasteiger partial charge in [0.1, 0.15) is 6.61 Å². The van der Waals surface area contributed by atoms with Gasteiger partial charge in [0.25, 0.3) is 5.56 Å². The number of aryl methyl sites for hydroxylation is 1. The number of nitrogens with zero attached hydrogens (tertiary/aromatic N) is 2. The highest BCUT2D eigenvalue weighted by molar-refractivity contribution is 6.32. The first-order valence-electron chi connectivity index (χ1n) is 13.2. The van der Waals surface area contributed by atoms with E-state index in [1.165, 1.54) is 0 Å². The first-order chi connectivity index (χ1) is 18.4. The van der Waals surface area contributed by atoms with Gasteiger partial charge in [-0.2, -0.15) is 0 Å². The number of halogens is 1. The summed E-state index contributed by atoms with van der Waals surface area (Å²) >= 11 is 6.61. The summed E-state index contributed by atoms with van der Waals surface area (Å²) in [6.45, 7) is 6.73. The fourth-order valence-corrected chi connectivity index (χ4v) is 6.34. The zero-order valence-electron chi connectivity index (χ0n) is 22.3. The van der Waals surface area contributed by atoms with Crippen LogP contribution in [0.25, 0.3) is 22.3 Å². The Morgan fingerprint density at radius 2 is 2.03 bits per heavy atom. The second-order valence-corrected chi connectivity index (χ2v) is 11.8. The lowest BCUT2D eigenvalue weighted by atomic mass is 9.81. The molecule has 6 rings (SSSR count). The highest BCUT2D eigenvalue weighted by Crippen LogP contribution is 2.46. The maximum absolute atomic E-state index is 13.7. The minimum Gasteiger partial charge on any atom is -0.458 e. The van der Waals surface area contributed by atoms with Crippen LogP contribution in [0.5, 0.6) is 0 Å². The number of pyridine rings is 2. The van der Waals surface area contributed by atoms with Crippen molar-refractivity contribution in [2.24, 2.45) is 5.41 Å². The Balaban J connectivity index is 1.62. The number of hydrogen-bond acceptors (Lipinski definition) is 7. The molecule has 1 aromatic carbocycles. The largest absolute Gasteiger partial charge is 0.458 e. The van der Waals surface area contributed by atoms with Gasteiger partial charge in [-0.3, -0.25) is 9.59 Å². The van der Waals surface area contributed by atoms with E-state index in [0.29, 0.717) is 34.8 Å². The highest BCUT2D eigenvalue weighted by Gasteiger charge is 2.46. The van der Waals surface area contributed by atoms with Gasteiger partial charge >= 0.3 is 5.97 Å². The number of esters is 1. The first kappa shape index (κ1) is 26.0. The van der Waals surface area contributed by atoms with E-state index in [0.717, 1.165) is 27.6 Å². The van der Waals surface area contributed by atoms with Crippen molar-refractivity contribution in [2.45, 2.75) is 71.8 Å². The third kappa shape index (κ3) is 3.53. The SMILES string of the molecule is CC[C@@]1(O)C(=O)OCc2c1cc1n(c2=O)Cc2c-1nc1cc(Cl)c(C)c3c1c2C(NC(=O)C(C)(C)CO)CC3. The highest BCUT2D eigenvalue weighted by atomic mass is 35.5. The molecule has 3 aliphatic rings. The number of ether oxygens (including phenoxy) is 1. The minimum atomic E-state index is -1.92. The van der Waals surface area contributed by atoms with Gasteiger partial charge in [0.2, 0.25) is 5.91 Å². The van der Waals surface area contributed by atoms with Crippen LogP contribution in [0.2, 0.25) is 5.02 Å². The zero-order chi connectivity index (χ0) is 28.0. The second-order valence-electron chi connectivity index (χ2n) is 11.4. The van der Waals surface area contributed by atoms with Crippen LogP contribution in [0.3, 0.4) is 0 Å². The predicted molar refractivity (Wildman–Crippen MR) is 144 cm³/mol. The zero-order valence-corrected chi connectivity index (χ0v) is 23.0. The predicted octanol–water partition coefficient (Wildman–Crippen LogP) is 3.16. The number of fused-ring (bicyclic) bond motifs is 5. The Morgan fingerprint density at radius 1 is 1.28 bits per heavy atom. The molecule has 39 heavy (non-hydrogen) atoms. The number of hydrogen-bond donors (Lipinski definition) is 3. The van der Waals surface area contributed by atoms with Crippen molar-refractivity contribution < 1.29 is 24.5 Å². The summed E-state index contributed by atoms with van der Waals surface area (Å²) in [6.07, 6.45) is 1.36. The molecule has 1 aliphatic carbocycles. The van der Waals surface area contributed by atoms with E-state index in [9.17, 15) is 24.6 Å². The van der Waals surface area contributed by atoms with Gasteiger partial charge in [0.15, 0.2) is 5.60 Å². The molecule has 1 amide bonds. The van der Waals surface area contributed by atoms with E-state index in [1.807, 2.05) is 6.92 Å². The van der Waals surface area contributed by atoms with Crippen LogP contribution >= 0.6 is 11.6 Å². The van der Waals surface area contributed by atoms with Crippen molar-refractivity contribution in [2.75, 3.05) is 6.61 Å². The molecule has 0 fully saturated rings. The lowest BCUT2D eigenvalue weighted by Crippen LogP contribution is -2.44. The Morgan fingerprint density at radius 3 is 2.72 bits per heavy atom. The summed E-state index contributed by atoms with van der Waals surface area (Å²) in [6, 6.07) is 3.12. The molecule has 2 aliphatic heterocycles. The summed E-state index contributed by atoms with van der Waals surface area (Å²) in [5, 5.41) is 25.6. The molecule has 3 N–H and O–H groups in total. The van der Waals surface area contributed by atoms with Crippen LogP contribution in [-0.2, 0) is 39.5 Å². The monoisotopic (exact) mass is 551 g/mol. The molecule has 4 heterocycles. The molecule has 9 nitrogen and oxygen atoms in total. The molecule has 204 valence electrons. The maximum Gasteiger partial charge on any atom is 0.343 e. The van der Waals surface area contributed by atoms with E-state index in [4.69, 9.17) is 21.3 Å². The first-order valence-corrected chi connectivity index (χ1v) is 13.5. The van der Waals surface area contributed by atoms with E-state index in [-0.39, 0.29) is 54.8 Å². The summed E-state index contributed by atoms with van der Waals surface area (Å²) in [7, 11) is 0. The maximum atomic E-state index is 13.7. The van der Waals surface area contributed by atoms with Crippen molar-refractivity contribution in [3.05, 3.63) is 60.9 Å². The molecule has 1 unspecified atom stereocenters. The van der Waals surface area contributed by atoms with Crippen molar-refractivity contribution in [3.63, 3.8) is 0 Å². The Kier molecular flexibility index (Phi) is 5.74. The molecule has 2 aromatic heterocycles. The molecule has 0 spiro atoms. The van der Waals surface area contributed by atoms with E-state index < -0.39 is 17.0 Å². The number of aliphatic hydroxyl groups excluding tert-OH is 1. The number of aliphatic hydroxyl groups is 2. The average Bonchev–Trinajstić information content (AvgIpc) is 3.28. The minimum absolute atomic E-state index is 0.0535. The lowest BCUT2D eigenvalue weighted by molar-refractivity contribution is -0.172. The van der Waals surface area contributed by atoms with Crippen molar-refractivity contribution in [1.82, 2.24) is 14.9 Å². The van der Waals surface area contributed by atoms with Crippen LogP contribution in [0.4, 0.5) is 0 Å². The van der Waals surface area contributed by atoms with Crippen LogP contribution in [-0.4, -0.2) is 38.2 Å². The molecule has 10 heteroatoms.